The van der Waals surface area contributed by atoms with Crippen LogP contribution in [0.15, 0.2) is 28.8 Å². The molecule has 1 aliphatic rings. The molecule has 1 amide bonds. The average molecular weight is 386 g/mol. The summed E-state index contributed by atoms with van der Waals surface area (Å²) >= 11 is 0. The van der Waals surface area contributed by atoms with Crippen LogP contribution in [-0.4, -0.2) is 37.4 Å². The molecular formula is C21H26N2O5. The Morgan fingerprint density at radius 1 is 1.36 bits per heavy atom. The number of carbonyl (C=O) groups excluding carboxylic acids is 1. The molecule has 1 fully saturated rings. The zero-order valence-corrected chi connectivity index (χ0v) is 16.5. The van der Waals surface area contributed by atoms with E-state index in [4.69, 9.17) is 18.7 Å². The van der Waals surface area contributed by atoms with Gasteiger partial charge in [-0.25, -0.2) is 0 Å². The van der Waals surface area contributed by atoms with E-state index < -0.39 is 0 Å². The van der Waals surface area contributed by atoms with Crippen molar-refractivity contribution in [2.75, 3.05) is 20.3 Å². The zero-order valence-electron chi connectivity index (χ0n) is 16.5. The first-order valence-corrected chi connectivity index (χ1v) is 9.37. The second-order valence-electron chi connectivity index (χ2n) is 6.72. The van der Waals surface area contributed by atoms with E-state index in [2.05, 4.69) is 10.5 Å². The molecule has 150 valence electrons. The molecule has 7 heteroatoms. The molecule has 1 aromatic carbocycles. The van der Waals surface area contributed by atoms with Gasteiger partial charge in [0, 0.05) is 19.2 Å². The van der Waals surface area contributed by atoms with Crippen LogP contribution in [0, 0.1) is 13.8 Å². The second-order valence-corrected chi connectivity index (χ2v) is 6.72. The predicted octanol–water partition coefficient (Wildman–Crippen LogP) is 3.19. The summed E-state index contributed by atoms with van der Waals surface area (Å²) in [6, 6.07) is 5.52. The largest absolute Gasteiger partial charge is 0.493 e. The number of amides is 1. The molecule has 0 saturated carbocycles. The SMILES string of the molecule is COc1cc(/C=C/C(=O)NCC2CCCO2)ccc1OCc1c(C)noc1C. The number of nitrogens with one attached hydrogen (secondary N) is 1. The Labute approximate surface area is 164 Å². The van der Waals surface area contributed by atoms with Gasteiger partial charge in [-0.2, -0.15) is 0 Å². The van der Waals surface area contributed by atoms with Crippen LogP contribution < -0.4 is 14.8 Å². The first-order valence-electron chi connectivity index (χ1n) is 9.37. The van der Waals surface area contributed by atoms with Gasteiger partial charge in [0.05, 0.1) is 24.5 Å². The lowest BCUT2D eigenvalue weighted by Gasteiger charge is -2.11. The highest BCUT2D eigenvalue weighted by molar-refractivity contribution is 5.91. The van der Waals surface area contributed by atoms with Crippen molar-refractivity contribution in [2.24, 2.45) is 0 Å². The molecule has 2 aromatic rings. The Bertz CT molecular complexity index is 818. The van der Waals surface area contributed by atoms with Crippen molar-refractivity contribution in [1.82, 2.24) is 10.5 Å². The molecule has 7 nitrogen and oxygen atoms in total. The molecule has 2 heterocycles. The average Bonchev–Trinajstić information content (AvgIpc) is 3.33. The van der Waals surface area contributed by atoms with E-state index in [0.717, 1.165) is 42.0 Å². The van der Waals surface area contributed by atoms with Gasteiger partial charge in [-0.15, -0.1) is 0 Å². The van der Waals surface area contributed by atoms with Gasteiger partial charge in [0.2, 0.25) is 5.91 Å². The van der Waals surface area contributed by atoms with Crippen LogP contribution in [0.1, 0.15) is 35.4 Å². The molecule has 1 saturated heterocycles. The van der Waals surface area contributed by atoms with Gasteiger partial charge in [0.15, 0.2) is 11.5 Å². The minimum absolute atomic E-state index is 0.131. The van der Waals surface area contributed by atoms with E-state index in [1.165, 1.54) is 6.08 Å². The number of rotatable bonds is 8. The molecule has 0 radical (unpaired) electrons. The Hall–Kier alpha value is -2.80. The number of hydrogen-bond acceptors (Lipinski definition) is 6. The minimum atomic E-state index is -0.145. The van der Waals surface area contributed by atoms with Gasteiger partial charge in [0.25, 0.3) is 0 Å². The van der Waals surface area contributed by atoms with E-state index >= 15 is 0 Å². The third-order valence-corrected chi connectivity index (χ3v) is 4.70. The standard InChI is InChI=1S/C21H26N2O5/c1-14-18(15(2)28-23-14)13-27-19-8-6-16(11-20(19)25-3)7-9-21(24)22-12-17-5-4-10-26-17/h6-9,11,17H,4-5,10,12-13H2,1-3H3,(H,22,24)/b9-7+. The number of carbonyl (C=O) groups is 1. The lowest BCUT2D eigenvalue weighted by molar-refractivity contribution is -0.116. The lowest BCUT2D eigenvalue weighted by atomic mass is 10.1. The van der Waals surface area contributed by atoms with E-state index in [0.29, 0.717) is 24.7 Å². The second kappa shape index (κ2) is 9.41. The summed E-state index contributed by atoms with van der Waals surface area (Å²) in [4.78, 5) is 12.0. The molecule has 3 rings (SSSR count). The van der Waals surface area contributed by atoms with Crippen LogP contribution in [-0.2, 0) is 16.1 Å². The molecule has 1 unspecified atom stereocenters. The first kappa shape index (κ1) is 19.9. The molecular weight excluding hydrogens is 360 g/mol. The van der Waals surface area contributed by atoms with Gasteiger partial charge in [0.1, 0.15) is 12.4 Å². The van der Waals surface area contributed by atoms with Crippen molar-refractivity contribution in [3.8, 4) is 11.5 Å². The summed E-state index contributed by atoms with van der Waals surface area (Å²) in [5.74, 6) is 1.80. The maximum Gasteiger partial charge on any atom is 0.244 e. The van der Waals surface area contributed by atoms with Crippen molar-refractivity contribution >= 4 is 12.0 Å². The van der Waals surface area contributed by atoms with Crippen molar-refractivity contribution < 1.29 is 23.5 Å². The van der Waals surface area contributed by atoms with Crippen LogP contribution in [0.25, 0.3) is 6.08 Å². The maximum absolute atomic E-state index is 12.0. The van der Waals surface area contributed by atoms with Gasteiger partial charge < -0.3 is 24.1 Å². The minimum Gasteiger partial charge on any atom is -0.493 e. The smallest absolute Gasteiger partial charge is 0.244 e. The number of ether oxygens (including phenoxy) is 3. The van der Waals surface area contributed by atoms with E-state index in [1.807, 2.05) is 32.0 Å². The molecule has 0 bridgehead atoms. The third kappa shape index (κ3) is 5.13. The zero-order chi connectivity index (χ0) is 19.9. The Morgan fingerprint density at radius 3 is 2.89 bits per heavy atom. The van der Waals surface area contributed by atoms with Gasteiger partial charge in [-0.05, 0) is 50.5 Å². The summed E-state index contributed by atoms with van der Waals surface area (Å²) in [6.07, 6.45) is 5.43. The third-order valence-electron chi connectivity index (χ3n) is 4.70. The quantitative estimate of drug-likeness (QED) is 0.702. The van der Waals surface area contributed by atoms with Crippen LogP contribution in [0.5, 0.6) is 11.5 Å². The van der Waals surface area contributed by atoms with Gasteiger partial charge in [-0.3, -0.25) is 4.79 Å². The topological polar surface area (TPSA) is 82.8 Å². The summed E-state index contributed by atoms with van der Waals surface area (Å²) in [6.45, 7) is 5.40. The number of methoxy groups -OCH3 is 1. The van der Waals surface area contributed by atoms with E-state index in [-0.39, 0.29) is 12.0 Å². The molecule has 1 N–H and O–H groups in total. The fraction of sp³-hybridized carbons (Fsp3) is 0.429. The van der Waals surface area contributed by atoms with Gasteiger partial charge in [-0.1, -0.05) is 11.2 Å². The summed E-state index contributed by atoms with van der Waals surface area (Å²) in [5, 5.41) is 6.78. The summed E-state index contributed by atoms with van der Waals surface area (Å²) in [5.41, 5.74) is 2.58. The Balaban J connectivity index is 1.58. The van der Waals surface area contributed by atoms with E-state index in [1.54, 1.807) is 13.2 Å². The van der Waals surface area contributed by atoms with Crippen LogP contribution >= 0.6 is 0 Å². The van der Waals surface area contributed by atoms with Crippen molar-refractivity contribution in [3.05, 3.63) is 46.9 Å². The number of nitrogens with zero attached hydrogens (tertiary/aromatic N) is 1. The fourth-order valence-corrected chi connectivity index (χ4v) is 3.02. The number of hydrogen-bond donors (Lipinski definition) is 1. The van der Waals surface area contributed by atoms with Crippen molar-refractivity contribution in [2.45, 2.75) is 39.4 Å². The van der Waals surface area contributed by atoms with Crippen molar-refractivity contribution in [1.29, 1.82) is 0 Å². The highest BCUT2D eigenvalue weighted by Crippen LogP contribution is 2.30. The molecule has 0 spiro atoms. The lowest BCUT2D eigenvalue weighted by Crippen LogP contribution is -2.30. The Kier molecular flexibility index (Phi) is 6.71. The molecule has 1 atom stereocenters. The molecule has 0 aliphatic carbocycles. The van der Waals surface area contributed by atoms with Gasteiger partial charge >= 0.3 is 0 Å². The molecule has 28 heavy (non-hydrogen) atoms. The van der Waals surface area contributed by atoms with E-state index in [9.17, 15) is 4.79 Å². The van der Waals surface area contributed by atoms with Crippen molar-refractivity contribution in [3.63, 3.8) is 0 Å². The van der Waals surface area contributed by atoms with Crippen LogP contribution in [0.2, 0.25) is 0 Å². The number of benzene rings is 1. The molecule has 1 aliphatic heterocycles. The number of aromatic nitrogens is 1. The predicted molar refractivity (Wildman–Crippen MR) is 104 cm³/mol. The Morgan fingerprint density at radius 2 is 2.21 bits per heavy atom. The number of aryl methyl sites for hydroxylation is 2. The normalized spacial score (nSPS) is 16.5. The fourth-order valence-electron chi connectivity index (χ4n) is 3.02. The highest BCUT2D eigenvalue weighted by Gasteiger charge is 2.15. The molecule has 1 aromatic heterocycles. The highest BCUT2D eigenvalue weighted by atomic mass is 16.5. The first-order chi connectivity index (χ1) is 13.6. The monoisotopic (exact) mass is 386 g/mol. The maximum atomic E-state index is 12.0. The van der Waals surface area contributed by atoms with Crippen LogP contribution in [0.4, 0.5) is 0 Å². The summed E-state index contributed by atoms with van der Waals surface area (Å²) in [7, 11) is 1.58. The summed E-state index contributed by atoms with van der Waals surface area (Å²) < 4.78 is 21.9. The van der Waals surface area contributed by atoms with Crippen LogP contribution in [0.3, 0.4) is 0 Å².